The topological polar surface area (TPSA) is 64.6 Å². The maximum atomic E-state index is 13.6. The van der Waals surface area contributed by atoms with Crippen molar-refractivity contribution in [2.75, 3.05) is 7.11 Å². The van der Waals surface area contributed by atoms with Crippen molar-refractivity contribution < 1.29 is 19.1 Å². The summed E-state index contributed by atoms with van der Waals surface area (Å²) in [6.45, 7) is 5.75. The van der Waals surface area contributed by atoms with Crippen LogP contribution in [0.4, 0.5) is 0 Å². The zero-order chi connectivity index (χ0) is 23.7. The van der Waals surface area contributed by atoms with Crippen molar-refractivity contribution in [3.05, 3.63) is 87.7 Å². The molecule has 2 aromatic rings. The number of ketones is 1. The van der Waals surface area contributed by atoms with Gasteiger partial charge < -0.3 is 14.8 Å². The zero-order valence-electron chi connectivity index (χ0n) is 19.2. The molecule has 3 unspecified atom stereocenters. The van der Waals surface area contributed by atoms with Gasteiger partial charge >= 0.3 is 5.97 Å². The molecule has 1 aliphatic heterocycles. The number of carbonyl (C=O) groups is 2. The Bertz CT molecular complexity index is 1130. The fraction of sp³-hybridized carbons (Fsp3) is 0.333. The first-order chi connectivity index (χ1) is 15.8. The number of fused-ring (bicyclic) bond motifs is 1. The lowest BCUT2D eigenvalue weighted by atomic mass is 9.68. The Balaban J connectivity index is 1.85. The number of rotatable bonds is 5. The molecule has 0 bridgehead atoms. The number of Topliss-reactive ketones (excluding diaryl/α,β-unsaturated/α-hetero) is 1. The molecule has 0 spiro atoms. The Hall–Kier alpha value is -3.05. The van der Waals surface area contributed by atoms with E-state index in [9.17, 15) is 9.59 Å². The van der Waals surface area contributed by atoms with E-state index in [2.05, 4.69) is 11.4 Å². The molecule has 4 rings (SSSR count). The number of esters is 1. The molecule has 172 valence electrons. The minimum absolute atomic E-state index is 0.0501. The normalized spacial score (nSPS) is 22.4. The van der Waals surface area contributed by atoms with E-state index in [1.807, 2.05) is 69.3 Å². The molecule has 0 amide bonds. The molecular formula is C27H28ClNO4. The van der Waals surface area contributed by atoms with Gasteiger partial charge in [-0.05, 0) is 44.5 Å². The number of halogens is 1. The first kappa shape index (κ1) is 23.1. The zero-order valence-corrected chi connectivity index (χ0v) is 20.0. The molecule has 1 aliphatic carbocycles. The van der Waals surface area contributed by atoms with Crippen molar-refractivity contribution in [2.24, 2.45) is 5.92 Å². The van der Waals surface area contributed by atoms with Crippen molar-refractivity contribution in [1.29, 1.82) is 0 Å². The van der Waals surface area contributed by atoms with Gasteiger partial charge in [-0.1, -0.05) is 48.0 Å². The van der Waals surface area contributed by atoms with Crippen LogP contribution in [0.5, 0.6) is 5.75 Å². The molecule has 5 nitrogen and oxygen atoms in total. The third-order valence-corrected chi connectivity index (χ3v) is 6.44. The van der Waals surface area contributed by atoms with Crippen molar-refractivity contribution >= 4 is 23.4 Å². The quantitative estimate of drug-likeness (QED) is 0.589. The lowest BCUT2D eigenvalue weighted by Crippen LogP contribution is -2.42. The molecule has 0 fully saturated rings. The van der Waals surface area contributed by atoms with E-state index in [1.54, 1.807) is 0 Å². The maximum absolute atomic E-state index is 13.6. The van der Waals surface area contributed by atoms with Gasteiger partial charge in [-0.3, -0.25) is 4.79 Å². The molecule has 0 saturated carbocycles. The number of para-hydroxylation sites is 1. The van der Waals surface area contributed by atoms with Gasteiger partial charge in [-0.15, -0.1) is 0 Å². The lowest BCUT2D eigenvalue weighted by Gasteiger charge is -2.40. The Morgan fingerprint density at radius 2 is 1.79 bits per heavy atom. The molecule has 1 N–H and O–H groups in total. The summed E-state index contributed by atoms with van der Waals surface area (Å²) >= 11 is 6.05. The standard InChI is InChI=1S/C27H28ClNO4/c1-15(2)33-23-8-6-5-7-20(23)25-24(27(31)32-4)16(3)29-21-13-18(14-22(30)26(21)25)17-9-11-19(28)12-10-17/h5-13,15,18,25-26,29H,14H2,1-4H3. The lowest BCUT2D eigenvalue weighted by molar-refractivity contribution is -0.136. The molecular weight excluding hydrogens is 438 g/mol. The summed E-state index contributed by atoms with van der Waals surface area (Å²) in [6.07, 6.45) is 2.39. The number of carbonyl (C=O) groups excluding carboxylic acids is 2. The summed E-state index contributed by atoms with van der Waals surface area (Å²) in [6, 6.07) is 15.2. The van der Waals surface area contributed by atoms with Gasteiger partial charge in [0.1, 0.15) is 11.5 Å². The van der Waals surface area contributed by atoms with E-state index in [0.29, 0.717) is 28.5 Å². The number of ether oxygens (including phenoxy) is 2. The second-order valence-corrected chi connectivity index (χ2v) is 9.20. The number of hydrogen-bond donors (Lipinski definition) is 1. The maximum Gasteiger partial charge on any atom is 0.336 e. The van der Waals surface area contributed by atoms with Crippen LogP contribution in [0.2, 0.25) is 5.02 Å². The second kappa shape index (κ2) is 9.44. The summed E-state index contributed by atoms with van der Waals surface area (Å²) < 4.78 is 11.2. The fourth-order valence-electron chi connectivity index (χ4n) is 4.81. The number of hydrogen-bond acceptors (Lipinski definition) is 5. The second-order valence-electron chi connectivity index (χ2n) is 8.77. The smallest absolute Gasteiger partial charge is 0.336 e. The number of nitrogens with one attached hydrogen (secondary N) is 1. The van der Waals surface area contributed by atoms with Crippen LogP contribution < -0.4 is 10.1 Å². The van der Waals surface area contributed by atoms with Gasteiger partial charge in [0.05, 0.1) is 24.7 Å². The van der Waals surface area contributed by atoms with Gasteiger partial charge in [0.2, 0.25) is 0 Å². The molecule has 1 heterocycles. The summed E-state index contributed by atoms with van der Waals surface area (Å²) in [4.78, 5) is 26.5. The summed E-state index contributed by atoms with van der Waals surface area (Å²) in [5.74, 6) is -0.805. The number of methoxy groups -OCH3 is 1. The Morgan fingerprint density at radius 1 is 1.09 bits per heavy atom. The van der Waals surface area contributed by atoms with Crippen molar-refractivity contribution in [3.63, 3.8) is 0 Å². The van der Waals surface area contributed by atoms with E-state index < -0.39 is 17.8 Å². The third-order valence-electron chi connectivity index (χ3n) is 6.18. The molecule has 0 radical (unpaired) electrons. The van der Waals surface area contributed by atoms with Crippen molar-refractivity contribution in [2.45, 2.75) is 45.1 Å². The monoisotopic (exact) mass is 465 g/mol. The highest BCUT2D eigenvalue weighted by Gasteiger charge is 2.45. The van der Waals surface area contributed by atoms with Crippen LogP contribution in [-0.2, 0) is 14.3 Å². The van der Waals surface area contributed by atoms with Crippen molar-refractivity contribution in [3.8, 4) is 5.75 Å². The highest BCUT2D eigenvalue weighted by atomic mass is 35.5. The van der Waals surface area contributed by atoms with Gasteiger partial charge in [-0.25, -0.2) is 4.79 Å². The molecule has 3 atom stereocenters. The molecule has 0 saturated heterocycles. The molecule has 33 heavy (non-hydrogen) atoms. The van der Waals surface area contributed by atoms with Crippen LogP contribution in [-0.4, -0.2) is 25.0 Å². The van der Waals surface area contributed by atoms with Crippen LogP contribution in [0.3, 0.4) is 0 Å². The number of benzene rings is 2. The Kier molecular flexibility index (Phi) is 6.61. The average Bonchev–Trinajstić information content (AvgIpc) is 2.78. The van der Waals surface area contributed by atoms with Gasteiger partial charge in [0.25, 0.3) is 0 Å². The molecule has 2 aromatic carbocycles. The SMILES string of the molecule is COC(=O)C1=C(C)NC2=CC(c3ccc(Cl)cc3)CC(=O)C2C1c1ccccc1OC(C)C. The van der Waals surface area contributed by atoms with E-state index >= 15 is 0 Å². The Labute approximate surface area is 199 Å². The summed E-state index contributed by atoms with van der Waals surface area (Å²) in [7, 11) is 1.36. The fourth-order valence-corrected chi connectivity index (χ4v) is 4.94. The van der Waals surface area contributed by atoms with E-state index in [0.717, 1.165) is 16.8 Å². The highest BCUT2D eigenvalue weighted by molar-refractivity contribution is 6.30. The minimum Gasteiger partial charge on any atom is -0.491 e. The highest BCUT2D eigenvalue weighted by Crippen LogP contribution is 2.48. The van der Waals surface area contributed by atoms with Crippen LogP contribution in [0.25, 0.3) is 0 Å². The van der Waals surface area contributed by atoms with Crippen molar-refractivity contribution in [1.82, 2.24) is 5.32 Å². The van der Waals surface area contributed by atoms with E-state index in [-0.39, 0.29) is 17.8 Å². The minimum atomic E-state index is -0.525. The third kappa shape index (κ3) is 4.55. The van der Waals surface area contributed by atoms with Crippen LogP contribution in [0, 0.1) is 5.92 Å². The van der Waals surface area contributed by atoms with Gasteiger partial charge in [0.15, 0.2) is 0 Å². The predicted molar refractivity (Wildman–Crippen MR) is 128 cm³/mol. The van der Waals surface area contributed by atoms with E-state index in [1.165, 1.54) is 7.11 Å². The van der Waals surface area contributed by atoms with Gasteiger partial charge in [-0.2, -0.15) is 0 Å². The van der Waals surface area contributed by atoms with Crippen LogP contribution in [0.1, 0.15) is 50.2 Å². The molecule has 0 aromatic heterocycles. The largest absolute Gasteiger partial charge is 0.491 e. The Morgan fingerprint density at radius 3 is 2.45 bits per heavy atom. The van der Waals surface area contributed by atoms with Gasteiger partial charge in [0, 0.05) is 40.2 Å². The first-order valence-corrected chi connectivity index (χ1v) is 11.5. The van der Waals surface area contributed by atoms with E-state index in [4.69, 9.17) is 21.1 Å². The summed E-state index contributed by atoms with van der Waals surface area (Å²) in [5.41, 5.74) is 3.78. The summed E-state index contributed by atoms with van der Waals surface area (Å²) in [5, 5.41) is 4.00. The predicted octanol–water partition coefficient (Wildman–Crippen LogP) is 5.52. The van der Waals surface area contributed by atoms with Crippen LogP contribution in [0.15, 0.2) is 71.6 Å². The van der Waals surface area contributed by atoms with Crippen LogP contribution >= 0.6 is 11.6 Å². The first-order valence-electron chi connectivity index (χ1n) is 11.1. The average molecular weight is 466 g/mol. The molecule has 6 heteroatoms. The molecule has 2 aliphatic rings. The number of allylic oxidation sites excluding steroid dienone is 3.